The van der Waals surface area contributed by atoms with E-state index in [1.165, 1.54) is 0 Å². The first kappa shape index (κ1) is 20.1. The molecular weight excluding hydrogens is 372 g/mol. The van der Waals surface area contributed by atoms with Crippen molar-refractivity contribution in [3.05, 3.63) is 71.5 Å². The summed E-state index contributed by atoms with van der Waals surface area (Å²) >= 11 is 1.67. The normalized spacial score (nSPS) is 11.0. The molecule has 0 bridgehead atoms. The molecule has 1 aromatic carbocycles. The molecule has 6 nitrogen and oxygen atoms in total. The Morgan fingerprint density at radius 2 is 1.96 bits per heavy atom. The van der Waals surface area contributed by atoms with Crippen LogP contribution < -0.4 is 0 Å². The second-order valence-electron chi connectivity index (χ2n) is 6.67. The van der Waals surface area contributed by atoms with E-state index in [1.807, 2.05) is 63.2 Å². The Hall–Kier alpha value is -2.67. The van der Waals surface area contributed by atoms with Gasteiger partial charge in [-0.3, -0.25) is 4.79 Å². The predicted octanol–water partition coefficient (Wildman–Crippen LogP) is 4.54. The molecule has 0 spiro atoms. The minimum Gasteiger partial charge on any atom is -0.337 e. The Labute approximate surface area is 169 Å². The summed E-state index contributed by atoms with van der Waals surface area (Å²) in [7, 11) is 0. The predicted molar refractivity (Wildman–Crippen MR) is 109 cm³/mol. The number of benzene rings is 1. The minimum absolute atomic E-state index is 0.0456. The summed E-state index contributed by atoms with van der Waals surface area (Å²) in [6, 6.07) is 13.6. The maximum absolute atomic E-state index is 12.8. The lowest BCUT2D eigenvalue weighted by Crippen LogP contribution is -2.30. The maximum atomic E-state index is 12.8. The molecule has 0 fully saturated rings. The van der Waals surface area contributed by atoms with Crippen molar-refractivity contribution in [2.75, 3.05) is 6.54 Å². The molecule has 1 amide bonds. The van der Waals surface area contributed by atoms with Crippen molar-refractivity contribution in [3.63, 3.8) is 0 Å². The van der Waals surface area contributed by atoms with Gasteiger partial charge in [-0.25, -0.2) is 4.98 Å². The van der Waals surface area contributed by atoms with Crippen molar-refractivity contribution in [3.8, 4) is 0 Å². The first-order valence-corrected chi connectivity index (χ1v) is 10.3. The van der Waals surface area contributed by atoms with Crippen molar-refractivity contribution < 1.29 is 9.32 Å². The van der Waals surface area contributed by atoms with Crippen LogP contribution in [0.25, 0.3) is 0 Å². The molecule has 2 heterocycles. The third kappa shape index (κ3) is 5.19. The molecule has 0 aliphatic rings. The van der Waals surface area contributed by atoms with E-state index in [0.29, 0.717) is 30.4 Å². The van der Waals surface area contributed by atoms with Crippen LogP contribution in [0.5, 0.6) is 0 Å². The van der Waals surface area contributed by atoms with E-state index in [0.717, 1.165) is 16.3 Å². The molecular formula is C21H24N4O2S. The van der Waals surface area contributed by atoms with Gasteiger partial charge in [0.05, 0.1) is 5.03 Å². The highest BCUT2D eigenvalue weighted by molar-refractivity contribution is 7.98. The Morgan fingerprint density at radius 1 is 1.18 bits per heavy atom. The zero-order chi connectivity index (χ0) is 19.9. The van der Waals surface area contributed by atoms with E-state index in [1.54, 1.807) is 22.9 Å². The third-order valence-electron chi connectivity index (χ3n) is 4.22. The van der Waals surface area contributed by atoms with E-state index in [-0.39, 0.29) is 11.8 Å². The van der Waals surface area contributed by atoms with Crippen LogP contribution in [0.1, 0.15) is 54.3 Å². The van der Waals surface area contributed by atoms with Gasteiger partial charge < -0.3 is 9.42 Å². The zero-order valence-electron chi connectivity index (χ0n) is 16.3. The Balaban J connectivity index is 1.61. The van der Waals surface area contributed by atoms with E-state index >= 15 is 0 Å². The highest BCUT2D eigenvalue weighted by Crippen LogP contribution is 2.21. The monoisotopic (exact) mass is 396 g/mol. The van der Waals surface area contributed by atoms with Gasteiger partial charge in [-0.15, -0.1) is 11.8 Å². The van der Waals surface area contributed by atoms with Crippen molar-refractivity contribution in [1.29, 1.82) is 0 Å². The van der Waals surface area contributed by atoms with Crippen LogP contribution in [0.15, 0.2) is 58.2 Å². The molecule has 3 rings (SSSR count). The fraction of sp³-hybridized carbons (Fsp3) is 0.333. The zero-order valence-corrected chi connectivity index (χ0v) is 17.1. The van der Waals surface area contributed by atoms with E-state index in [9.17, 15) is 4.79 Å². The van der Waals surface area contributed by atoms with Gasteiger partial charge in [-0.05, 0) is 36.8 Å². The highest BCUT2D eigenvalue weighted by atomic mass is 32.2. The third-order valence-corrected chi connectivity index (χ3v) is 5.24. The standard InChI is InChI=1S/C21H24N4O2S/c1-4-25(13-18-23-20(15(2)3)24-27-18)21(26)17-10-8-16(9-11-17)14-28-19-7-5-6-12-22-19/h5-12,15H,4,13-14H2,1-3H3. The molecule has 3 aromatic rings. The number of nitrogens with zero attached hydrogens (tertiary/aromatic N) is 4. The van der Waals surface area contributed by atoms with Gasteiger partial charge in [-0.1, -0.05) is 37.2 Å². The number of carbonyl (C=O) groups excluding carboxylic acids is 1. The van der Waals surface area contributed by atoms with Gasteiger partial charge in [-0.2, -0.15) is 4.98 Å². The van der Waals surface area contributed by atoms with Gasteiger partial charge in [0.15, 0.2) is 5.82 Å². The smallest absolute Gasteiger partial charge is 0.254 e. The number of carbonyl (C=O) groups is 1. The molecule has 0 N–H and O–H groups in total. The lowest BCUT2D eigenvalue weighted by Gasteiger charge is -2.19. The van der Waals surface area contributed by atoms with Crippen molar-refractivity contribution in [1.82, 2.24) is 20.0 Å². The summed E-state index contributed by atoms with van der Waals surface area (Å²) in [5.41, 5.74) is 1.80. The highest BCUT2D eigenvalue weighted by Gasteiger charge is 2.18. The number of hydrogen-bond donors (Lipinski definition) is 0. The van der Waals surface area contributed by atoms with Crippen LogP contribution in [0, 0.1) is 0 Å². The Morgan fingerprint density at radius 3 is 2.57 bits per heavy atom. The molecule has 2 aromatic heterocycles. The van der Waals surface area contributed by atoms with E-state index in [2.05, 4.69) is 15.1 Å². The van der Waals surface area contributed by atoms with Crippen LogP contribution in [-0.4, -0.2) is 32.5 Å². The number of amides is 1. The summed E-state index contributed by atoms with van der Waals surface area (Å²) < 4.78 is 5.27. The molecule has 0 saturated carbocycles. The fourth-order valence-electron chi connectivity index (χ4n) is 2.57. The van der Waals surface area contributed by atoms with Crippen molar-refractivity contribution in [2.24, 2.45) is 0 Å². The van der Waals surface area contributed by atoms with Crippen LogP contribution in [-0.2, 0) is 12.3 Å². The average Bonchev–Trinajstić information content (AvgIpc) is 3.20. The van der Waals surface area contributed by atoms with Crippen molar-refractivity contribution in [2.45, 2.75) is 44.0 Å². The quantitative estimate of drug-likeness (QED) is 0.521. The van der Waals surface area contributed by atoms with E-state index in [4.69, 9.17) is 4.52 Å². The Bertz CT molecular complexity index is 894. The van der Waals surface area contributed by atoms with Gasteiger partial charge in [0.2, 0.25) is 5.89 Å². The number of rotatable bonds is 8. The number of aromatic nitrogens is 3. The minimum atomic E-state index is -0.0456. The second-order valence-corrected chi connectivity index (χ2v) is 7.67. The Kier molecular flexibility index (Phi) is 6.81. The summed E-state index contributed by atoms with van der Waals surface area (Å²) in [5.74, 6) is 2.08. The molecule has 146 valence electrons. The van der Waals surface area contributed by atoms with Crippen LogP contribution in [0.3, 0.4) is 0 Å². The molecule has 0 unspecified atom stereocenters. The first-order valence-electron chi connectivity index (χ1n) is 9.31. The topological polar surface area (TPSA) is 72.1 Å². The van der Waals surface area contributed by atoms with Gasteiger partial charge in [0.25, 0.3) is 5.91 Å². The lowest BCUT2D eigenvalue weighted by molar-refractivity contribution is 0.0734. The number of pyridine rings is 1. The number of hydrogen-bond acceptors (Lipinski definition) is 6. The molecule has 0 saturated heterocycles. The first-order chi connectivity index (χ1) is 13.6. The summed E-state index contributed by atoms with van der Waals surface area (Å²) in [6.07, 6.45) is 1.79. The van der Waals surface area contributed by atoms with Crippen molar-refractivity contribution >= 4 is 17.7 Å². The van der Waals surface area contributed by atoms with Crippen LogP contribution >= 0.6 is 11.8 Å². The van der Waals surface area contributed by atoms with E-state index < -0.39 is 0 Å². The molecule has 28 heavy (non-hydrogen) atoms. The molecule has 0 aliphatic carbocycles. The molecule has 7 heteroatoms. The summed E-state index contributed by atoms with van der Waals surface area (Å²) in [6.45, 7) is 6.83. The summed E-state index contributed by atoms with van der Waals surface area (Å²) in [5, 5.41) is 4.95. The number of thioether (sulfide) groups is 1. The van der Waals surface area contributed by atoms with Gasteiger partial charge >= 0.3 is 0 Å². The molecule has 0 atom stereocenters. The SMILES string of the molecule is CCN(Cc1nc(C(C)C)no1)C(=O)c1ccc(CSc2ccccn2)cc1. The largest absolute Gasteiger partial charge is 0.337 e. The van der Waals surface area contributed by atoms with Crippen LogP contribution in [0.2, 0.25) is 0 Å². The maximum Gasteiger partial charge on any atom is 0.254 e. The molecule has 0 radical (unpaired) electrons. The lowest BCUT2D eigenvalue weighted by atomic mass is 10.1. The summed E-state index contributed by atoms with van der Waals surface area (Å²) in [4.78, 5) is 23.2. The van der Waals surface area contributed by atoms with Gasteiger partial charge in [0, 0.05) is 30.0 Å². The molecule has 0 aliphatic heterocycles. The second kappa shape index (κ2) is 9.50. The van der Waals surface area contributed by atoms with Gasteiger partial charge in [0.1, 0.15) is 6.54 Å². The fourth-order valence-corrected chi connectivity index (χ4v) is 3.39. The van der Waals surface area contributed by atoms with Crippen LogP contribution in [0.4, 0.5) is 0 Å². The average molecular weight is 397 g/mol.